The van der Waals surface area contributed by atoms with E-state index >= 15 is 0 Å². The van der Waals surface area contributed by atoms with Crippen molar-refractivity contribution in [2.45, 2.75) is 63.2 Å². The molecule has 0 radical (unpaired) electrons. The SMILES string of the molecule is C/C=C(\C=C/CC)NC1=Nc2cc(C(=O)NN3CCCCC3)ccc2Sc2ccccc21.CC. The van der Waals surface area contributed by atoms with Gasteiger partial charge in [-0.15, -0.1) is 0 Å². The zero-order valence-electron chi connectivity index (χ0n) is 20.7. The van der Waals surface area contributed by atoms with Crippen LogP contribution in [0.5, 0.6) is 0 Å². The number of hydrogen-bond donors (Lipinski definition) is 2. The number of amidine groups is 1. The standard InChI is InChI=1S/C26H30N4OS.C2H6/c1-3-5-11-20(4-2)27-25-21-12-7-8-13-23(21)32-24-15-14-19(18-22(24)28-25)26(31)29-30-16-9-6-10-17-30;1-2/h4-5,7-8,11-15,18H,3,6,9-10,16-17H2,1-2H3,(H,27,28)(H,29,31);1-2H3/b11-5-,20-4+;. The van der Waals surface area contributed by atoms with Crippen molar-refractivity contribution in [1.29, 1.82) is 0 Å². The Labute approximate surface area is 208 Å². The van der Waals surface area contributed by atoms with Crippen LogP contribution < -0.4 is 10.7 Å². The molecule has 1 amide bonds. The predicted octanol–water partition coefficient (Wildman–Crippen LogP) is 6.85. The fourth-order valence-electron chi connectivity index (χ4n) is 3.78. The minimum Gasteiger partial charge on any atom is -0.340 e. The smallest absolute Gasteiger partial charge is 0.265 e. The molecule has 0 unspecified atom stereocenters. The molecular weight excluding hydrogens is 440 g/mol. The molecule has 0 atom stereocenters. The lowest BCUT2D eigenvalue weighted by Crippen LogP contribution is -2.45. The quantitative estimate of drug-likeness (QED) is 0.464. The van der Waals surface area contributed by atoms with Gasteiger partial charge in [-0.3, -0.25) is 10.2 Å². The normalized spacial score (nSPS) is 15.9. The van der Waals surface area contributed by atoms with Crippen LogP contribution >= 0.6 is 11.8 Å². The van der Waals surface area contributed by atoms with Gasteiger partial charge in [-0.1, -0.05) is 69.3 Å². The van der Waals surface area contributed by atoms with Gasteiger partial charge in [0.2, 0.25) is 0 Å². The number of aliphatic imine (C=N–C) groups is 1. The van der Waals surface area contributed by atoms with Gasteiger partial charge in [-0.05, 0) is 56.5 Å². The highest BCUT2D eigenvalue weighted by Crippen LogP contribution is 2.40. The van der Waals surface area contributed by atoms with Crippen molar-refractivity contribution in [3.8, 4) is 0 Å². The molecule has 180 valence electrons. The van der Waals surface area contributed by atoms with Gasteiger partial charge in [0, 0.05) is 39.7 Å². The summed E-state index contributed by atoms with van der Waals surface area (Å²) in [5.41, 5.74) is 6.53. The third-order valence-electron chi connectivity index (χ3n) is 5.54. The summed E-state index contributed by atoms with van der Waals surface area (Å²) in [7, 11) is 0. The molecule has 0 saturated carbocycles. The van der Waals surface area contributed by atoms with Crippen molar-refractivity contribution in [3.63, 3.8) is 0 Å². The van der Waals surface area contributed by atoms with Crippen LogP contribution in [-0.2, 0) is 0 Å². The van der Waals surface area contributed by atoms with Crippen molar-refractivity contribution < 1.29 is 4.79 Å². The van der Waals surface area contributed by atoms with Gasteiger partial charge >= 0.3 is 0 Å². The van der Waals surface area contributed by atoms with Crippen LogP contribution in [0.25, 0.3) is 0 Å². The molecule has 2 aromatic rings. The largest absolute Gasteiger partial charge is 0.340 e. The second kappa shape index (κ2) is 13.2. The summed E-state index contributed by atoms with van der Waals surface area (Å²) in [6.07, 6.45) is 10.7. The number of benzene rings is 2. The van der Waals surface area contributed by atoms with Gasteiger partial charge < -0.3 is 5.32 Å². The highest BCUT2D eigenvalue weighted by molar-refractivity contribution is 7.99. The lowest BCUT2D eigenvalue weighted by Gasteiger charge is -2.26. The molecule has 2 aromatic carbocycles. The number of amides is 1. The minimum atomic E-state index is -0.0776. The van der Waals surface area contributed by atoms with Gasteiger partial charge in [0.15, 0.2) is 0 Å². The van der Waals surface area contributed by atoms with Crippen LogP contribution in [-0.4, -0.2) is 29.8 Å². The number of fused-ring (bicyclic) bond motifs is 2. The maximum absolute atomic E-state index is 12.9. The lowest BCUT2D eigenvalue weighted by molar-refractivity contribution is 0.0750. The molecule has 1 saturated heterocycles. The van der Waals surface area contributed by atoms with E-state index in [4.69, 9.17) is 4.99 Å². The summed E-state index contributed by atoms with van der Waals surface area (Å²) in [4.78, 5) is 20.0. The van der Waals surface area contributed by atoms with Crippen LogP contribution in [0.15, 0.2) is 81.2 Å². The van der Waals surface area contributed by atoms with E-state index < -0.39 is 0 Å². The molecule has 1 fully saturated rings. The number of piperidine rings is 1. The van der Waals surface area contributed by atoms with Crippen molar-refractivity contribution in [2.24, 2.45) is 4.99 Å². The summed E-state index contributed by atoms with van der Waals surface area (Å²) in [5, 5.41) is 5.52. The van der Waals surface area contributed by atoms with E-state index in [1.165, 1.54) is 6.42 Å². The molecule has 0 aromatic heterocycles. The molecule has 2 N–H and O–H groups in total. The molecule has 2 aliphatic rings. The fourth-order valence-corrected chi connectivity index (χ4v) is 4.79. The zero-order valence-corrected chi connectivity index (χ0v) is 21.5. The van der Waals surface area contributed by atoms with Crippen LogP contribution in [0, 0.1) is 0 Å². The van der Waals surface area contributed by atoms with Crippen LogP contribution in [0.2, 0.25) is 0 Å². The molecule has 0 spiro atoms. The Bertz CT molecular complexity index is 1070. The Morgan fingerprint density at radius 2 is 1.85 bits per heavy atom. The molecular formula is C28H36N4OS. The molecule has 2 aliphatic heterocycles. The summed E-state index contributed by atoms with van der Waals surface area (Å²) in [6, 6.07) is 14.1. The van der Waals surface area contributed by atoms with E-state index in [1.807, 2.05) is 62.2 Å². The molecule has 34 heavy (non-hydrogen) atoms. The Balaban J connectivity index is 0.00000158. The molecule has 6 heteroatoms. The van der Waals surface area contributed by atoms with E-state index in [2.05, 4.69) is 42.0 Å². The zero-order chi connectivity index (χ0) is 24.3. The van der Waals surface area contributed by atoms with Gasteiger partial charge in [-0.2, -0.15) is 0 Å². The monoisotopic (exact) mass is 476 g/mol. The number of carbonyl (C=O) groups excluding carboxylic acids is 1. The fraction of sp³-hybridized carbons (Fsp3) is 0.357. The molecule has 0 bridgehead atoms. The molecule has 4 rings (SSSR count). The third kappa shape index (κ3) is 6.61. The first-order valence-electron chi connectivity index (χ1n) is 12.3. The summed E-state index contributed by atoms with van der Waals surface area (Å²) in [6.45, 7) is 9.94. The van der Waals surface area contributed by atoms with Crippen molar-refractivity contribution >= 4 is 29.2 Å². The maximum atomic E-state index is 12.9. The number of hydrazine groups is 1. The first kappa shape index (κ1) is 25.8. The van der Waals surface area contributed by atoms with E-state index in [1.54, 1.807) is 11.8 Å². The first-order chi connectivity index (χ1) is 16.7. The highest BCUT2D eigenvalue weighted by atomic mass is 32.2. The maximum Gasteiger partial charge on any atom is 0.265 e. The van der Waals surface area contributed by atoms with Crippen molar-refractivity contribution in [3.05, 3.63) is 77.5 Å². The summed E-state index contributed by atoms with van der Waals surface area (Å²) in [5.74, 6) is 0.709. The van der Waals surface area contributed by atoms with Crippen LogP contribution in [0.4, 0.5) is 5.69 Å². The number of carbonyl (C=O) groups is 1. The molecule has 0 aliphatic carbocycles. The Morgan fingerprint density at radius 1 is 1.09 bits per heavy atom. The second-order valence-electron chi connectivity index (χ2n) is 7.91. The van der Waals surface area contributed by atoms with Crippen molar-refractivity contribution in [1.82, 2.24) is 15.8 Å². The van der Waals surface area contributed by atoms with Gasteiger partial charge in [0.05, 0.1) is 5.69 Å². The number of nitrogens with one attached hydrogen (secondary N) is 2. The van der Waals surface area contributed by atoms with Crippen LogP contribution in [0.3, 0.4) is 0 Å². The Kier molecular flexibility index (Phi) is 9.98. The summed E-state index contributed by atoms with van der Waals surface area (Å²) < 4.78 is 0. The molecule has 2 heterocycles. The van der Waals surface area contributed by atoms with E-state index in [0.717, 1.165) is 64.9 Å². The number of hydrogen-bond acceptors (Lipinski definition) is 5. The number of nitrogens with zero attached hydrogens (tertiary/aromatic N) is 2. The number of allylic oxidation sites excluding steroid dienone is 3. The average molecular weight is 477 g/mol. The van der Waals surface area contributed by atoms with Crippen LogP contribution in [0.1, 0.15) is 69.3 Å². The number of rotatable bonds is 5. The summed E-state index contributed by atoms with van der Waals surface area (Å²) >= 11 is 1.68. The third-order valence-corrected chi connectivity index (χ3v) is 6.68. The Hall–Kier alpha value is -2.83. The van der Waals surface area contributed by atoms with Crippen molar-refractivity contribution in [2.75, 3.05) is 13.1 Å². The van der Waals surface area contributed by atoms with Gasteiger partial charge in [0.25, 0.3) is 5.91 Å². The van der Waals surface area contributed by atoms with E-state index in [-0.39, 0.29) is 5.91 Å². The Morgan fingerprint density at radius 3 is 2.59 bits per heavy atom. The van der Waals surface area contributed by atoms with E-state index in [9.17, 15) is 4.79 Å². The van der Waals surface area contributed by atoms with E-state index in [0.29, 0.717) is 5.56 Å². The first-order valence-corrected chi connectivity index (χ1v) is 13.2. The minimum absolute atomic E-state index is 0.0776. The second-order valence-corrected chi connectivity index (χ2v) is 8.99. The highest BCUT2D eigenvalue weighted by Gasteiger charge is 2.20. The van der Waals surface area contributed by atoms with Gasteiger partial charge in [0.1, 0.15) is 5.84 Å². The molecule has 5 nitrogen and oxygen atoms in total. The van der Waals surface area contributed by atoms with Gasteiger partial charge in [-0.25, -0.2) is 10.0 Å². The average Bonchev–Trinajstić information content (AvgIpc) is 3.04. The lowest BCUT2D eigenvalue weighted by atomic mass is 10.1. The topological polar surface area (TPSA) is 56.7 Å². The predicted molar refractivity (Wildman–Crippen MR) is 144 cm³/mol.